The van der Waals surface area contributed by atoms with E-state index in [-0.39, 0.29) is 30.4 Å². The van der Waals surface area contributed by atoms with Crippen molar-refractivity contribution in [2.75, 3.05) is 13.1 Å². The fourth-order valence-corrected chi connectivity index (χ4v) is 4.74. The van der Waals surface area contributed by atoms with Gasteiger partial charge in [-0.25, -0.2) is 18.1 Å². The number of aliphatic carboxylic acids is 1. The number of nitrogens with zero attached hydrogens (tertiary/aromatic N) is 4. The maximum absolute atomic E-state index is 13.0. The second-order valence-electron chi connectivity index (χ2n) is 5.94. The Morgan fingerprint density at radius 3 is 2.71 bits per heavy atom. The van der Waals surface area contributed by atoms with Crippen LogP contribution >= 0.6 is 0 Å². The van der Waals surface area contributed by atoms with Crippen LogP contribution in [0.1, 0.15) is 12.5 Å². The zero-order valence-electron chi connectivity index (χ0n) is 13.1. The maximum Gasteiger partial charge on any atom is 0.308 e. The second-order valence-corrected chi connectivity index (χ2v) is 7.85. The predicted octanol–water partition coefficient (Wildman–Crippen LogP) is 0.668. The summed E-state index contributed by atoms with van der Waals surface area (Å²) in [5.74, 6) is -1.86. The first kappa shape index (κ1) is 16.6. The summed E-state index contributed by atoms with van der Waals surface area (Å²) >= 11 is 0. The van der Waals surface area contributed by atoms with Crippen LogP contribution in [0.2, 0.25) is 0 Å². The molecule has 2 heterocycles. The molecule has 2 aromatic rings. The topological polar surface area (TPSA) is 105 Å². The first-order valence-corrected chi connectivity index (χ1v) is 8.97. The molecule has 3 rings (SSSR count). The number of sulfonamides is 1. The smallest absolute Gasteiger partial charge is 0.308 e. The van der Waals surface area contributed by atoms with Gasteiger partial charge in [-0.05, 0) is 17.5 Å². The van der Waals surface area contributed by atoms with Gasteiger partial charge in [0.2, 0.25) is 10.0 Å². The fourth-order valence-electron chi connectivity index (χ4n) is 2.95. The van der Waals surface area contributed by atoms with E-state index in [1.807, 2.05) is 0 Å². The molecule has 1 fully saturated rings. The number of hydrogen-bond donors (Lipinski definition) is 1. The van der Waals surface area contributed by atoms with Gasteiger partial charge in [-0.2, -0.15) is 9.40 Å². The highest BCUT2D eigenvalue weighted by molar-refractivity contribution is 7.89. The summed E-state index contributed by atoms with van der Waals surface area (Å²) in [4.78, 5) is 15.3. The number of rotatable bonds is 5. The molecular formula is C15H18N4O4S. The highest BCUT2D eigenvalue weighted by atomic mass is 32.2. The average Bonchev–Trinajstić information content (AvgIpc) is 3.17. The zero-order valence-corrected chi connectivity index (χ0v) is 13.9. The molecule has 1 N–H and O–H groups in total. The van der Waals surface area contributed by atoms with Crippen LogP contribution in [-0.4, -0.2) is 51.7 Å². The lowest BCUT2D eigenvalue weighted by Gasteiger charge is -2.18. The minimum absolute atomic E-state index is 0.00348. The predicted molar refractivity (Wildman–Crippen MR) is 84.6 cm³/mol. The number of carboxylic acid groups (broad SMARTS) is 1. The maximum atomic E-state index is 13.0. The van der Waals surface area contributed by atoms with Crippen LogP contribution in [0.5, 0.6) is 0 Å². The van der Waals surface area contributed by atoms with Gasteiger partial charge in [-0.3, -0.25) is 4.79 Å². The van der Waals surface area contributed by atoms with Crippen molar-refractivity contribution >= 4 is 16.0 Å². The first-order chi connectivity index (χ1) is 11.4. The minimum atomic E-state index is -3.76. The molecule has 0 spiro atoms. The van der Waals surface area contributed by atoms with Crippen molar-refractivity contribution in [2.24, 2.45) is 11.8 Å². The van der Waals surface area contributed by atoms with E-state index in [9.17, 15) is 18.3 Å². The average molecular weight is 350 g/mol. The van der Waals surface area contributed by atoms with Crippen LogP contribution in [-0.2, 0) is 21.4 Å². The van der Waals surface area contributed by atoms with E-state index in [2.05, 4.69) is 10.1 Å². The molecule has 9 heteroatoms. The minimum Gasteiger partial charge on any atom is -0.481 e. The fraction of sp³-hybridized carbons (Fsp3) is 0.400. The monoisotopic (exact) mass is 350 g/mol. The van der Waals surface area contributed by atoms with Crippen molar-refractivity contribution in [3.05, 3.63) is 42.5 Å². The van der Waals surface area contributed by atoms with Crippen LogP contribution in [0.15, 0.2) is 41.8 Å². The van der Waals surface area contributed by atoms with Crippen molar-refractivity contribution in [3.63, 3.8) is 0 Å². The molecular weight excluding hydrogens is 332 g/mol. The molecule has 1 aliphatic rings. The van der Waals surface area contributed by atoms with Crippen LogP contribution in [0.3, 0.4) is 0 Å². The number of carbonyl (C=O) groups is 1. The number of benzene rings is 1. The van der Waals surface area contributed by atoms with E-state index >= 15 is 0 Å². The Morgan fingerprint density at radius 2 is 2.08 bits per heavy atom. The van der Waals surface area contributed by atoms with Gasteiger partial charge in [0.05, 0.1) is 17.4 Å². The number of hydrogen-bond acceptors (Lipinski definition) is 5. The lowest BCUT2D eigenvalue weighted by molar-refractivity contribution is -0.142. The third kappa shape index (κ3) is 3.04. The molecule has 8 nitrogen and oxygen atoms in total. The quantitative estimate of drug-likeness (QED) is 0.849. The Morgan fingerprint density at radius 1 is 1.33 bits per heavy atom. The van der Waals surface area contributed by atoms with Gasteiger partial charge in [-0.15, -0.1) is 0 Å². The molecule has 1 aliphatic heterocycles. The SMILES string of the molecule is C[C@@H]1CN(S(=O)(=O)c2ccccc2Cn2cncn2)C[C@H]1C(=O)O. The molecule has 0 unspecified atom stereocenters. The normalized spacial score (nSPS) is 21.9. The largest absolute Gasteiger partial charge is 0.481 e. The summed E-state index contributed by atoms with van der Waals surface area (Å²) < 4.78 is 28.8. The van der Waals surface area contributed by atoms with Gasteiger partial charge in [0, 0.05) is 13.1 Å². The van der Waals surface area contributed by atoms with Crippen molar-refractivity contribution < 1.29 is 18.3 Å². The lowest BCUT2D eigenvalue weighted by Crippen LogP contribution is -2.31. The third-order valence-electron chi connectivity index (χ3n) is 4.29. The lowest BCUT2D eigenvalue weighted by atomic mass is 9.99. The molecule has 1 aromatic heterocycles. The molecule has 24 heavy (non-hydrogen) atoms. The zero-order chi connectivity index (χ0) is 17.3. The highest BCUT2D eigenvalue weighted by Crippen LogP contribution is 2.30. The van der Waals surface area contributed by atoms with Crippen molar-refractivity contribution in [3.8, 4) is 0 Å². The van der Waals surface area contributed by atoms with Gasteiger partial charge in [-0.1, -0.05) is 25.1 Å². The van der Waals surface area contributed by atoms with Crippen molar-refractivity contribution in [2.45, 2.75) is 18.4 Å². The Labute approximate surface area is 139 Å². The van der Waals surface area contributed by atoms with Crippen LogP contribution in [0.25, 0.3) is 0 Å². The van der Waals surface area contributed by atoms with Crippen LogP contribution in [0, 0.1) is 11.8 Å². The molecule has 0 saturated carbocycles. The Balaban J connectivity index is 1.92. The van der Waals surface area contributed by atoms with E-state index in [0.29, 0.717) is 5.56 Å². The molecule has 0 radical (unpaired) electrons. The van der Waals surface area contributed by atoms with Crippen molar-refractivity contribution in [1.82, 2.24) is 19.1 Å². The van der Waals surface area contributed by atoms with Crippen LogP contribution in [0.4, 0.5) is 0 Å². The molecule has 1 saturated heterocycles. The summed E-state index contributed by atoms with van der Waals surface area (Å²) in [5.41, 5.74) is 0.592. The van der Waals surface area contributed by atoms with Gasteiger partial charge in [0.25, 0.3) is 0 Å². The highest BCUT2D eigenvalue weighted by Gasteiger charge is 2.41. The molecule has 2 atom stereocenters. The summed E-state index contributed by atoms with van der Waals surface area (Å²) in [6, 6.07) is 6.69. The molecule has 0 amide bonds. The van der Waals surface area contributed by atoms with Crippen molar-refractivity contribution in [1.29, 1.82) is 0 Å². The van der Waals surface area contributed by atoms with Gasteiger partial charge < -0.3 is 5.11 Å². The Kier molecular flexibility index (Phi) is 4.37. The first-order valence-electron chi connectivity index (χ1n) is 7.53. The van der Waals surface area contributed by atoms with E-state index in [1.54, 1.807) is 35.9 Å². The second kappa shape index (κ2) is 6.33. The molecule has 128 valence electrons. The van der Waals surface area contributed by atoms with Gasteiger partial charge >= 0.3 is 5.97 Å². The van der Waals surface area contributed by atoms with E-state index in [4.69, 9.17) is 0 Å². The Bertz CT molecular complexity index is 835. The summed E-state index contributed by atoms with van der Waals surface area (Å²) in [5, 5.41) is 13.2. The van der Waals surface area contributed by atoms with Crippen LogP contribution < -0.4 is 0 Å². The standard InChI is InChI=1S/C15H18N4O4S/c1-11-6-19(8-13(11)15(20)21)24(22,23)14-5-3-2-4-12(14)7-18-10-16-9-17-18/h2-5,9-11,13H,6-8H2,1H3,(H,20,21)/t11-,13-/m1/s1. The van der Waals surface area contributed by atoms with E-state index in [1.165, 1.54) is 17.0 Å². The summed E-state index contributed by atoms with van der Waals surface area (Å²) in [6.07, 6.45) is 2.90. The molecule has 0 bridgehead atoms. The van der Waals surface area contributed by atoms with Gasteiger partial charge in [0.1, 0.15) is 12.7 Å². The number of carboxylic acids is 1. The summed E-state index contributed by atoms with van der Waals surface area (Å²) in [6.45, 7) is 2.24. The summed E-state index contributed by atoms with van der Waals surface area (Å²) in [7, 11) is -3.76. The molecule has 1 aromatic carbocycles. The third-order valence-corrected chi connectivity index (χ3v) is 6.22. The van der Waals surface area contributed by atoms with E-state index < -0.39 is 21.9 Å². The Hall–Kier alpha value is -2.26. The van der Waals surface area contributed by atoms with E-state index in [0.717, 1.165) is 0 Å². The number of aromatic nitrogens is 3. The molecule has 0 aliphatic carbocycles. The van der Waals surface area contributed by atoms with Gasteiger partial charge in [0.15, 0.2) is 0 Å².